The van der Waals surface area contributed by atoms with Gasteiger partial charge in [-0.25, -0.2) is 0 Å². The summed E-state index contributed by atoms with van der Waals surface area (Å²) in [5.74, 6) is 0.450. The number of thiol groups is 1. The van der Waals surface area contributed by atoms with Gasteiger partial charge in [-0.15, -0.1) is 0 Å². The van der Waals surface area contributed by atoms with Crippen LogP contribution >= 0.6 is 12.6 Å². The second-order valence-electron chi connectivity index (χ2n) is 4.03. The molecular formula is C10H22OS. The van der Waals surface area contributed by atoms with E-state index < -0.39 is 0 Å². The van der Waals surface area contributed by atoms with E-state index in [1.165, 1.54) is 6.42 Å². The molecule has 0 aliphatic heterocycles. The standard InChI is InChI=1S/C10H22OS/c1-4-10(3,12)7-5-6-9(2)8-11/h9,11-12H,4-8H2,1-3H3/t9-,10?/m1/s1. The Bertz CT molecular complexity index is 112. The van der Waals surface area contributed by atoms with Gasteiger partial charge in [-0.1, -0.05) is 27.2 Å². The average molecular weight is 190 g/mol. The number of hydrogen-bond donors (Lipinski definition) is 2. The van der Waals surface area contributed by atoms with E-state index >= 15 is 0 Å². The minimum Gasteiger partial charge on any atom is -0.396 e. The number of hydrogen-bond acceptors (Lipinski definition) is 2. The maximum Gasteiger partial charge on any atom is 0.0456 e. The Kier molecular flexibility index (Phi) is 6.02. The first kappa shape index (κ1) is 12.3. The molecular weight excluding hydrogens is 168 g/mol. The fourth-order valence-corrected chi connectivity index (χ4v) is 1.26. The van der Waals surface area contributed by atoms with Crippen LogP contribution in [0.3, 0.4) is 0 Å². The Morgan fingerprint density at radius 2 is 2.08 bits per heavy atom. The lowest BCUT2D eigenvalue weighted by Gasteiger charge is -2.21. The molecule has 0 aromatic rings. The fraction of sp³-hybridized carbons (Fsp3) is 1.00. The highest BCUT2D eigenvalue weighted by Gasteiger charge is 2.15. The van der Waals surface area contributed by atoms with Crippen molar-refractivity contribution in [2.75, 3.05) is 6.61 Å². The van der Waals surface area contributed by atoms with Crippen molar-refractivity contribution in [2.24, 2.45) is 5.92 Å². The smallest absolute Gasteiger partial charge is 0.0456 e. The second-order valence-corrected chi connectivity index (χ2v) is 5.11. The van der Waals surface area contributed by atoms with E-state index in [4.69, 9.17) is 5.11 Å². The molecule has 74 valence electrons. The lowest BCUT2D eigenvalue weighted by molar-refractivity contribution is 0.226. The fourth-order valence-electron chi connectivity index (χ4n) is 1.10. The van der Waals surface area contributed by atoms with Gasteiger partial charge < -0.3 is 5.11 Å². The van der Waals surface area contributed by atoms with Crippen LogP contribution in [0.2, 0.25) is 0 Å². The molecule has 0 heterocycles. The van der Waals surface area contributed by atoms with Gasteiger partial charge >= 0.3 is 0 Å². The third kappa shape index (κ3) is 5.90. The van der Waals surface area contributed by atoms with Crippen molar-refractivity contribution >= 4 is 12.6 Å². The summed E-state index contributed by atoms with van der Waals surface area (Å²) in [6.45, 7) is 6.75. The second kappa shape index (κ2) is 5.87. The molecule has 0 aliphatic rings. The third-order valence-corrected chi connectivity index (χ3v) is 3.03. The molecule has 0 aromatic heterocycles. The summed E-state index contributed by atoms with van der Waals surface area (Å²) in [5.41, 5.74) is 0. The highest BCUT2D eigenvalue weighted by molar-refractivity contribution is 7.81. The van der Waals surface area contributed by atoms with Crippen LogP contribution in [0.15, 0.2) is 0 Å². The topological polar surface area (TPSA) is 20.2 Å². The Labute approximate surface area is 82.0 Å². The summed E-state index contributed by atoms with van der Waals surface area (Å²) in [7, 11) is 0. The monoisotopic (exact) mass is 190 g/mol. The van der Waals surface area contributed by atoms with Gasteiger partial charge in [0.2, 0.25) is 0 Å². The minimum atomic E-state index is 0.190. The zero-order valence-electron chi connectivity index (χ0n) is 8.51. The molecule has 0 radical (unpaired) electrons. The quantitative estimate of drug-likeness (QED) is 0.617. The number of rotatable bonds is 6. The summed E-state index contributed by atoms with van der Waals surface area (Å²) < 4.78 is 0.190. The molecule has 12 heavy (non-hydrogen) atoms. The van der Waals surface area contributed by atoms with Crippen molar-refractivity contribution in [3.8, 4) is 0 Å². The van der Waals surface area contributed by atoms with Gasteiger partial charge in [-0.2, -0.15) is 12.6 Å². The zero-order chi connectivity index (χ0) is 9.61. The highest BCUT2D eigenvalue weighted by atomic mass is 32.1. The van der Waals surface area contributed by atoms with Gasteiger partial charge in [0.1, 0.15) is 0 Å². The van der Waals surface area contributed by atoms with Gasteiger partial charge in [0.25, 0.3) is 0 Å². The first-order chi connectivity index (χ1) is 5.52. The summed E-state index contributed by atoms with van der Waals surface area (Å²) in [4.78, 5) is 0. The Morgan fingerprint density at radius 1 is 1.50 bits per heavy atom. The summed E-state index contributed by atoms with van der Waals surface area (Å²) in [5, 5.41) is 8.80. The molecule has 0 amide bonds. The van der Waals surface area contributed by atoms with Crippen LogP contribution in [0, 0.1) is 5.92 Å². The van der Waals surface area contributed by atoms with E-state index in [1.807, 2.05) is 0 Å². The summed E-state index contributed by atoms with van der Waals surface area (Å²) in [6.07, 6.45) is 4.56. The van der Waals surface area contributed by atoms with Crippen molar-refractivity contribution in [3.63, 3.8) is 0 Å². The summed E-state index contributed by atoms with van der Waals surface area (Å²) >= 11 is 4.56. The van der Waals surface area contributed by atoms with E-state index in [0.717, 1.165) is 19.3 Å². The van der Waals surface area contributed by atoms with Gasteiger partial charge in [0.15, 0.2) is 0 Å². The molecule has 0 aromatic carbocycles. The molecule has 0 spiro atoms. The largest absolute Gasteiger partial charge is 0.396 e. The molecule has 0 fully saturated rings. The molecule has 2 heteroatoms. The minimum absolute atomic E-state index is 0.190. The molecule has 1 unspecified atom stereocenters. The van der Waals surface area contributed by atoms with Crippen molar-refractivity contribution in [1.29, 1.82) is 0 Å². The molecule has 1 nitrogen and oxygen atoms in total. The van der Waals surface area contributed by atoms with Gasteiger partial charge in [-0.3, -0.25) is 0 Å². The SMILES string of the molecule is CCC(C)(S)CCC[C@@H](C)CO. The predicted octanol–water partition coefficient (Wildman–Crippen LogP) is 2.88. The maximum atomic E-state index is 8.80. The molecule has 1 N–H and O–H groups in total. The van der Waals surface area contributed by atoms with Crippen LogP contribution in [-0.4, -0.2) is 16.5 Å². The molecule has 0 saturated carbocycles. The Hall–Kier alpha value is 0.310. The van der Waals surface area contributed by atoms with Crippen LogP contribution in [0.5, 0.6) is 0 Å². The van der Waals surface area contributed by atoms with E-state index in [9.17, 15) is 0 Å². The van der Waals surface area contributed by atoms with E-state index in [1.54, 1.807) is 0 Å². The third-order valence-electron chi connectivity index (χ3n) is 2.49. The van der Waals surface area contributed by atoms with Crippen LogP contribution in [-0.2, 0) is 0 Å². The van der Waals surface area contributed by atoms with E-state index in [0.29, 0.717) is 12.5 Å². The Morgan fingerprint density at radius 3 is 2.50 bits per heavy atom. The lowest BCUT2D eigenvalue weighted by Crippen LogP contribution is -2.15. The molecule has 0 bridgehead atoms. The number of aliphatic hydroxyl groups excluding tert-OH is 1. The van der Waals surface area contributed by atoms with Crippen molar-refractivity contribution < 1.29 is 5.11 Å². The van der Waals surface area contributed by atoms with Crippen LogP contribution in [0.1, 0.15) is 46.5 Å². The Balaban J connectivity index is 3.42. The maximum absolute atomic E-state index is 8.80. The molecule has 0 aliphatic carbocycles. The van der Waals surface area contributed by atoms with Crippen molar-refractivity contribution in [2.45, 2.75) is 51.2 Å². The van der Waals surface area contributed by atoms with Gasteiger partial charge in [0, 0.05) is 11.4 Å². The number of aliphatic hydroxyl groups is 1. The van der Waals surface area contributed by atoms with Crippen molar-refractivity contribution in [3.05, 3.63) is 0 Å². The van der Waals surface area contributed by atoms with E-state index in [2.05, 4.69) is 33.4 Å². The van der Waals surface area contributed by atoms with Crippen LogP contribution < -0.4 is 0 Å². The normalized spacial score (nSPS) is 18.8. The first-order valence-electron chi connectivity index (χ1n) is 4.85. The first-order valence-corrected chi connectivity index (χ1v) is 5.30. The molecule has 2 atom stereocenters. The summed E-state index contributed by atoms with van der Waals surface area (Å²) in [6, 6.07) is 0. The lowest BCUT2D eigenvalue weighted by atomic mass is 9.97. The van der Waals surface area contributed by atoms with Crippen LogP contribution in [0.25, 0.3) is 0 Å². The van der Waals surface area contributed by atoms with Crippen molar-refractivity contribution in [1.82, 2.24) is 0 Å². The van der Waals surface area contributed by atoms with E-state index in [-0.39, 0.29) is 4.75 Å². The van der Waals surface area contributed by atoms with Crippen LogP contribution in [0.4, 0.5) is 0 Å². The van der Waals surface area contributed by atoms with Gasteiger partial charge in [0.05, 0.1) is 0 Å². The molecule has 0 saturated heterocycles. The highest BCUT2D eigenvalue weighted by Crippen LogP contribution is 2.25. The zero-order valence-corrected chi connectivity index (χ0v) is 9.40. The predicted molar refractivity (Wildman–Crippen MR) is 57.8 cm³/mol. The molecule has 0 rings (SSSR count). The van der Waals surface area contributed by atoms with Gasteiger partial charge in [-0.05, 0) is 25.2 Å². The average Bonchev–Trinajstić information content (AvgIpc) is 2.04.